The van der Waals surface area contributed by atoms with Crippen LogP contribution in [0.15, 0.2) is 94.2 Å². The van der Waals surface area contributed by atoms with Crippen molar-refractivity contribution in [2.24, 2.45) is 14.1 Å². The van der Waals surface area contributed by atoms with Crippen molar-refractivity contribution in [2.45, 2.75) is 76.3 Å². The van der Waals surface area contributed by atoms with Gasteiger partial charge >= 0.3 is 11.9 Å². The third kappa shape index (κ3) is 11.8. The van der Waals surface area contributed by atoms with Crippen LogP contribution in [0.3, 0.4) is 0 Å². The van der Waals surface area contributed by atoms with Gasteiger partial charge in [0.15, 0.2) is 0 Å². The van der Waals surface area contributed by atoms with Crippen LogP contribution < -0.4 is 15.1 Å². The molecule has 15 nitrogen and oxygen atoms in total. The van der Waals surface area contributed by atoms with Gasteiger partial charge in [0.25, 0.3) is 0 Å². The maximum atomic E-state index is 12.2. The molecule has 19 heteroatoms. The van der Waals surface area contributed by atoms with Gasteiger partial charge in [-0.1, -0.05) is 68.8 Å². The van der Waals surface area contributed by atoms with Crippen molar-refractivity contribution in [1.29, 1.82) is 0 Å². The number of fused-ring (bicyclic) bond motifs is 2. The van der Waals surface area contributed by atoms with E-state index in [9.17, 15) is 14.4 Å². The number of piperazine rings is 2. The van der Waals surface area contributed by atoms with Crippen LogP contribution in [0.5, 0.6) is 0 Å². The Hall–Kier alpha value is -6.33. The highest BCUT2D eigenvalue weighted by molar-refractivity contribution is 6.39. The minimum Gasteiger partial charge on any atom is -0.465 e. The minimum atomic E-state index is -0.312. The molecule has 2 saturated carbocycles. The molecule has 6 heterocycles. The van der Waals surface area contributed by atoms with E-state index in [1.807, 2.05) is 66.0 Å². The smallest absolute Gasteiger partial charge is 0.340 e. The number of carbonyl (C=O) groups is 3. The topological polar surface area (TPSA) is 153 Å². The van der Waals surface area contributed by atoms with Crippen LogP contribution in [-0.4, -0.2) is 115 Å². The number of ether oxygens (including phenoxy) is 2. The monoisotopic (exact) mass is 1150 g/mol. The fourth-order valence-electron chi connectivity index (χ4n) is 11.1. The summed E-state index contributed by atoms with van der Waals surface area (Å²) in [6.07, 6.45) is 10.1. The third-order valence-electron chi connectivity index (χ3n) is 15.5. The van der Waals surface area contributed by atoms with Gasteiger partial charge in [0.1, 0.15) is 29.2 Å². The van der Waals surface area contributed by atoms with Crippen molar-refractivity contribution >= 4 is 97.8 Å². The predicted octanol–water partition coefficient (Wildman–Crippen LogP) is 12.6. The van der Waals surface area contributed by atoms with Crippen LogP contribution in [-0.2, 0) is 41.2 Å². The fourth-order valence-corrected chi connectivity index (χ4v) is 12.3. The van der Waals surface area contributed by atoms with Crippen molar-refractivity contribution in [3.05, 3.63) is 139 Å². The average Bonchev–Trinajstić information content (AvgIpc) is 4.51. The number of hydrogen-bond donors (Lipinski definition) is 1. The SMILES string of the molecule is COC(=O)c1cn(C)c2cc(N3CCN(CCc4c(-c5c(Cl)cccc5Cl)noc4C4CC4)C[C@H]3C)ccc12.COC(=O)c1cn(C)c2cc(N3CCNC[C@H]3C)ccc12.O=CCc1c(-c2c(Cl)cccc2Cl)noc1C1CC1. The summed E-state index contributed by atoms with van der Waals surface area (Å²) < 4.78 is 25.1. The number of esters is 2. The number of hydrogen-bond acceptors (Lipinski definition) is 13. The lowest BCUT2D eigenvalue weighted by atomic mass is 10.0. The van der Waals surface area contributed by atoms with Crippen molar-refractivity contribution in [3.63, 3.8) is 0 Å². The number of nitrogens with zero attached hydrogens (tertiary/aromatic N) is 7. The molecule has 12 rings (SSSR count). The normalized spacial score (nSPS) is 17.5. The zero-order chi connectivity index (χ0) is 55.6. The van der Waals surface area contributed by atoms with Crippen molar-refractivity contribution in [2.75, 3.05) is 69.8 Å². The molecule has 4 fully saturated rings. The number of carbonyl (C=O) groups excluding carboxylic acids is 3. The minimum absolute atomic E-state index is 0.270. The van der Waals surface area contributed by atoms with Gasteiger partial charge < -0.3 is 47.6 Å². The Morgan fingerprint density at radius 3 is 1.61 bits per heavy atom. The average molecular weight is 1150 g/mol. The molecule has 4 aromatic heterocycles. The van der Waals surface area contributed by atoms with Gasteiger partial charge in [0, 0.05) is 147 Å². The standard InChI is InChI=1S/C30H32Cl2N4O3.C16H21N3O2.C14H11Cl2NO2/c1-18-16-35(13-14-36(18)20-9-10-21-23(30(37)38-3)17-34(2)26(21)15-20)12-11-22-28(33-39-29(22)19-7-8-19)27-24(31)5-4-6-25(27)32;1-11-9-17-6-7-19(11)12-4-5-13-14(16(20)21-3)10-18(2)15(13)8-12;15-10-2-1-3-11(16)12(10)13-9(6-7-18)14(19-17-13)8-4-5-8/h4-6,9-10,15,17-19H,7-8,11-14,16H2,1-3H3;4-5,8,10-11,17H,6-7,9H2,1-3H3;1-3,7-8H,4-6H2/t18-;11-;/m11./s1. The van der Waals surface area contributed by atoms with Crippen LogP contribution in [0.2, 0.25) is 20.1 Å². The summed E-state index contributed by atoms with van der Waals surface area (Å²) in [6.45, 7) is 11.2. The second kappa shape index (κ2) is 24.2. The second-order valence-electron chi connectivity index (χ2n) is 20.9. The van der Waals surface area contributed by atoms with E-state index >= 15 is 0 Å². The van der Waals surface area contributed by atoms with Crippen LogP contribution >= 0.6 is 46.4 Å². The summed E-state index contributed by atoms with van der Waals surface area (Å²) >= 11 is 25.5. The summed E-state index contributed by atoms with van der Waals surface area (Å²) in [4.78, 5) is 42.3. The lowest BCUT2D eigenvalue weighted by Crippen LogP contribution is -2.52. The summed E-state index contributed by atoms with van der Waals surface area (Å²) in [7, 11) is 6.75. The molecule has 0 unspecified atom stereocenters. The van der Waals surface area contributed by atoms with Gasteiger partial charge in [-0.05, 0) is 107 Å². The van der Waals surface area contributed by atoms with Gasteiger partial charge in [0.2, 0.25) is 0 Å². The van der Waals surface area contributed by atoms with E-state index < -0.39 is 0 Å². The van der Waals surface area contributed by atoms with Crippen LogP contribution in [0.25, 0.3) is 44.3 Å². The van der Waals surface area contributed by atoms with E-state index in [2.05, 4.69) is 68.4 Å². The Labute approximate surface area is 479 Å². The highest BCUT2D eigenvalue weighted by Gasteiger charge is 2.35. The molecule has 0 radical (unpaired) electrons. The first-order valence-electron chi connectivity index (χ1n) is 26.8. The largest absolute Gasteiger partial charge is 0.465 e. The number of nitrogens with one attached hydrogen (secondary N) is 1. The number of halogens is 4. The molecule has 79 heavy (non-hydrogen) atoms. The lowest BCUT2D eigenvalue weighted by Gasteiger charge is -2.41. The molecule has 1 N–H and O–H groups in total. The van der Waals surface area contributed by atoms with Gasteiger partial charge in [0.05, 0.1) is 56.5 Å². The van der Waals surface area contributed by atoms with Crippen LogP contribution in [0.1, 0.15) is 94.7 Å². The van der Waals surface area contributed by atoms with Crippen LogP contribution in [0, 0.1) is 0 Å². The molecule has 2 saturated heterocycles. The zero-order valence-corrected chi connectivity index (χ0v) is 48.2. The highest BCUT2D eigenvalue weighted by atomic mass is 35.5. The Balaban J connectivity index is 0.000000148. The van der Waals surface area contributed by atoms with Gasteiger partial charge in [-0.2, -0.15) is 0 Å². The molecule has 2 aliphatic carbocycles. The van der Waals surface area contributed by atoms with E-state index in [0.29, 0.717) is 66.4 Å². The Morgan fingerprint density at radius 2 is 1.15 bits per heavy atom. The predicted molar refractivity (Wildman–Crippen MR) is 313 cm³/mol. The van der Waals surface area contributed by atoms with Gasteiger partial charge in [-0.3, -0.25) is 4.90 Å². The Kier molecular flexibility index (Phi) is 17.1. The highest BCUT2D eigenvalue weighted by Crippen LogP contribution is 2.47. The molecular weight excluding hydrogens is 1090 g/mol. The van der Waals surface area contributed by atoms with Crippen molar-refractivity contribution < 1.29 is 32.9 Å². The molecule has 0 amide bonds. The molecule has 0 spiro atoms. The van der Waals surface area contributed by atoms with Crippen LogP contribution in [0.4, 0.5) is 11.4 Å². The first-order valence-corrected chi connectivity index (χ1v) is 28.3. The number of aldehydes is 1. The van der Waals surface area contributed by atoms with E-state index in [1.54, 1.807) is 18.2 Å². The molecule has 414 valence electrons. The maximum absolute atomic E-state index is 12.2. The molecule has 0 bridgehead atoms. The number of methoxy groups -OCH3 is 2. The van der Waals surface area contributed by atoms with Crippen molar-refractivity contribution in [1.82, 2.24) is 29.7 Å². The molecule has 4 aromatic carbocycles. The lowest BCUT2D eigenvalue weighted by molar-refractivity contribution is -0.107. The Morgan fingerprint density at radius 1 is 0.671 bits per heavy atom. The summed E-state index contributed by atoms with van der Waals surface area (Å²) in [5, 5.41) is 16.0. The first-order chi connectivity index (χ1) is 38.2. The molecule has 8 aromatic rings. The van der Waals surface area contributed by atoms with Crippen molar-refractivity contribution in [3.8, 4) is 22.5 Å². The molecule has 2 aliphatic heterocycles. The second-order valence-corrected chi connectivity index (χ2v) is 22.5. The van der Waals surface area contributed by atoms with E-state index in [1.165, 1.54) is 19.9 Å². The summed E-state index contributed by atoms with van der Waals surface area (Å²) in [6, 6.07) is 24.2. The molecule has 2 atom stereocenters. The third-order valence-corrected chi connectivity index (χ3v) is 16.8. The van der Waals surface area contributed by atoms with Gasteiger partial charge in [-0.15, -0.1) is 0 Å². The number of aryl methyl sites for hydroxylation is 2. The number of rotatable bonds is 13. The number of aromatic nitrogens is 4. The number of benzene rings is 4. The van der Waals surface area contributed by atoms with Gasteiger partial charge in [-0.25, -0.2) is 9.59 Å². The number of anilines is 2. The first kappa shape index (κ1) is 56.0. The summed E-state index contributed by atoms with van der Waals surface area (Å²) in [5.41, 5.74) is 10.4. The quantitative estimate of drug-likeness (QED) is 0.0861. The van der Waals surface area contributed by atoms with E-state index in [-0.39, 0.29) is 18.4 Å². The van der Waals surface area contributed by atoms with E-state index in [0.717, 1.165) is 146 Å². The summed E-state index contributed by atoms with van der Waals surface area (Å²) in [5.74, 6) is 2.03. The zero-order valence-electron chi connectivity index (χ0n) is 45.2. The fraction of sp³-hybridized carbons (Fsp3) is 0.383. The maximum Gasteiger partial charge on any atom is 0.340 e. The Bertz CT molecular complexity index is 3500. The molecule has 4 aliphatic rings. The van der Waals surface area contributed by atoms with E-state index in [4.69, 9.17) is 64.9 Å². The molecular formula is C60H64Cl4N8O7.